The summed E-state index contributed by atoms with van der Waals surface area (Å²) in [4.78, 5) is 0. The second kappa shape index (κ2) is 6.05. The number of rotatable bonds is 4. The fourth-order valence-electron chi connectivity index (χ4n) is 2.77. The predicted octanol–water partition coefficient (Wildman–Crippen LogP) is 2.12. The zero-order chi connectivity index (χ0) is 13.8. The molecule has 106 valence electrons. The molecule has 0 amide bonds. The lowest BCUT2D eigenvalue weighted by Gasteiger charge is -2.26. The van der Waals surface area contributed by atoms with E-state index in [1.807, 2.05) is 13.0 Å². The van der Waals surface area contributed by atoms with Crippen LogP contribution < -0.4 is 10.6 Å². The topological polar surface area (TPSA) is 54.8 Å². The molecule has 0 bridgehead atoms. The molecule has 20 heavy (non-hydrogen) atoms. The van der Waals surface area contributed by atoms with Gasteiger partial charge in [0.05, 0.1) is 0 Å². The van der Waals surface area contributed by atoms with Crippen molar-refractivity contribution in [2.24, 2.45) is 0 Å². The maximum Gasteiger partial charge on any atom is 0.225 e. The number of piperidine rings is 1. The molecule has 0 atom stereocenters. The van der Waals surface area contributed by atoms with Gasteiger partial charge in [0.2, 0.25) is 5.95 Å². The standard InChI is InChI=1S/C15H21N5/c1-12-18-19-15(17-11-13-5-3-2-4-6-13)20(12)14-7-9-16-10-8-14/h2-6,14,16H,7-11H2,1H3,(H,17,19). The van der Waals surface area contributed by atoms with Gasteiger partial charge >= 0.3 is 0 Å². The van der Waals surface area contributed by atoms with Crippen LogP contribution in [-0.2, 0) is 6.54 Å². The van der Waals surface area contributed by atoms with Crippen LogP contribution >= 0.6 is 0 Å². The van der Waals surface area contributed by atoms with E-state index in [9.17, 15) is 0 Å². The predicted molar refractivity (Wildman–Crippen MR) is 79.7 cm³/mol. The van der Waals surface area contributed by atoms with Gasteiger partial charge in [-0.25, -0.2) is 0 Å². The van der Waals surface area contributed by atoms with Crippen LogP contribution in [0.5, 0.6) is 0 Å². The highest BCUT2D eigenvalue weighted by atomic mass is 15.4. The third-order valence-electron chi connectivity index (χ3n) is 3.83. The molecule has 5 heteroatoms. The number of benzene rings is 1. The van der Waals surface area contributed by atoms with Crippen molar-refractivity contribution in [3.05, 3.63) is 41.7 Å². The molecule has 0 aliphatic carbocycles. The Morgan fingerprint density at radius 3 is 2.70 bits per heavy atom. The number of aryl methyl sites for hydroxylation is 1. The monoisotopic (exact) mass is 271 g/mol. The van der Waals surface area contributed by atoms with Crippen LogP contribution in [-0.4, -0.2) is 27.9 Å². The fraction of sp³-hybridized carbons (Fsp3) is 0.467. The van der Waals surface area contributed by atoms with Crippen molar-refractivity contribution >= 4 is 5.95 Å². The first-order valence-electron chi connectivity index (χ1n) is 7.24. The molecule has 1 aliphatic rings. The minimum atomic E-state index is 0.504. The fourth-order valence-corrected chi connectivity index (χ4v) is 2.77. The van der Waals surface area contributed by atoms with Gasteiger partial charge in [-0.3, -0.25) is 4.57 Å². The van der Waals surface area contributed by atoms with Gasteiger partial charge in [-0.1, -0.05) is 30.3 Å². The Kier molecular flexibility index (Phi) is 3.97. The van der Waals surface area contributed by atoms with Crippen molar-refractivity contribution in [1.29, 1.82) is 0 Å². The molecule has 3 rings (SSSR count). The van der Waals surface area contributed by atoms with E-state index in [0.29, 0.717) is 6.04 Å². The summed E-state index contributed by atoms with van der Waals surface area (Å²) in [6.45, 7) is 4.95. The van der Waals surface area contributed by atoms with Gasteiger partial charge < -0.3 is 10.6 Å². The maximum atomic E-state index is 4.29. The third kappa shape index (κ3) is 2.82. The summed E-state index contributed by atoms with van der Waals surface area (Å²) in [5.74, 6) is 1.88. The smallest absolute Gasteiger partial charge is 0.225 e. The number of hydrogen-bond acceptors (Lipinski definition) is 4. The molecule has 1 aromatic carbocycles. The Morgan fingerprint density at radius 1 is 1.20 bits per heavy atom. The molecule has 1 saturated heterocycles. The molecule has 0 saturated carbocycles. The van der Waals surface area contributed by atoms with Crippen LogP contribution in [0.15, 0.2) is 30.3 Å². The molecule has 0 spiro atoms. The van der Waals surface area contributed by atoms with Gasteiger partial charge in [-0.15, -0.1) is 10.2 Å². The van der Waals surface area contributed by atoms with Crippen molar-refractivity contribution < 1.29 is 0 Å². The molecule has 2 heterocycles. The number of aromatic nitrogens is 3. The van der Waals surface area contributed by atoms with E-state index >= 15 is 0 Å². The lowest BCUT2D eigenvalue weighted by molar-refractivity contribution is 0.365. The number of nitrogens with zero attached hydrogens (tertiary/aromatic N) is 3. The zero-order valence-electron chi connectivity index (χ0n) is 11.8. The summed E-state index contributed by atoms with van der Waals surface area (Å²) in [6.07, 6.45) is 2.28. The van der Waals surface area contributed by atoms with Crippen molar-refractivity contribution in [2.45, 2.75) is 32.4 Å². The summed E-state index contributed by atoms with van der Waals surface area (Å²) in [6, 6.07) is 10.9. The number of anilines is 1. The van der Waals surface area contributed by atoms with Crippen molar-refractivity contribution in [2.75, 3.05) is 18.4 Å². The van der Waals surface area contributed by atoms with E-state index in [0.717, 1.165) is 44.2 Å². The van der Waals surface area contributed by atoms with E-state index in [4.69, 9.17) is 0 Å². The minimum absolute atomic E-state index is 0.504. The summed E-state index contributed by atoms with van der Waals surface area (Å²) < 4.78 is 2.25. The average molecular weight is 271 g/mol. The largest absolute Gasteiger partial charge is 0.350 e. The third-order valence-corrected chi connectivity index (χ3v) is 3.83. The first-order valence-corrected chi connectivity index (χ1v) is 7.24. The van der Waals surface area contributed by atoms with E-state index in [-0.39, 0.29) is 0 Å². The van der Waals surface area contributed by atoms with Crippen LogP contribution in [0.2, 0.25) is 0 Å². The van der Waals surface area contributed by atoms with Crippen LogP contribution in [0.3, 0.4) is 0 Å². The summed E-state index contributed by atoms with van der Waals surface area (Å²) in [5, 5.41) is 15.3. The Balaban J connectivity index is 1.73. The molecule has 1 fully saturated rings. The van der Waals surface area contributed by atoms with Gasteiger partial charge in [-0.05, 0) is 38.4 Å². The van der Waals surface area contributed by atoms with Gasteiger partial charge in [0, 0.05) is 12.6 Å². The van der Waals surface area contributed by atoms with Crippen LogP contribution in [0.1, 0.15) is 30.3 Å². The highest BCUT2D eigenvalue weighted by Crippen LogP contribution is 2.24. The lowest BCUT2D eigenvalue weighted by Crippen LogP contribution is -2.30. The zero-order valence-corrected chi connectivity index (χ0v) is 11.8. The second-order valence-corrected chi connectivity index (χ2v) is 5.26. The van der Waals surface area contributed by atoms with E-state index in [1.54, 1.807) is 0 Å². The molecular formula is C15H21N5. The number of nitrogens with one attached hydrogen (secondary N) is 2. The first kappa shape index (κ1) is 13.1. The van der Waals surface area contributed by atoms with Gasteiger partial charge in [-0.2, -0.15) is 0 Å². The van der Waals surface area contributed by atoms with Crippen molar-refractivity contribution in [3.63, 3.8) is 0 Å². The Bertz CT molecular complexity index is 543. The quantitative estimate of drug-likeness (QED) is 0.894. The molecule has 2 aromatic rings. The average Bonchev–Trinajstić information content (AvgIpc) is 2.88. The van der Waals surface area contributed by atoms with Gasteiger partial charge in [0.1, 0.15) is 5.82 Å². The first-order chi connectivity index (χ1) is 9.84. The minimum Gasteiger partial charge on any atom is -0.350 e. The summed E-state index contributed by atoms with van der Waals surface area (Å²) >= 11 is 0. The van der Waals surface area contributed by atoms with E-state index < -0.39 is 0 Å². The Labute approximate surface area is 119 Å². The SMILES string of the molecule is Cc1nnc(NCc2ccccc2)n1C1CCNCC1. The molecule has 5 nitrogen and oxygen atoms in total. The van der Waals surface area contributed by atoms with Crippen LogP contribution in [0, 0.1) is 6.92 Å². The molecule has 1 aromatic heterocycles. The lowest BCUT2D eigenvalue weighted by atomic mass is 10.1. The van der Waals surface area contributed by atoms with Crippen LogP contribution in [0.25, 0.3) is 0 Å². The summed E-state index contributed by atoms with van der Waals surface area (Å²) in [5.41, 5.74) is 1.25. The van der Waals surface area contributed by atoms with Gasteiger partial charge in [0.25, 0.3) is 0 Å². The summed E-state index contributed by atoms with van der Waals surface area (Å²) in [7, 11) is 0. The van der Waals surface area contributed by atoms with Crippen molar-refractivity contribution in [3.8, 4) is 0 Å². The normalized spacial score (nSPS) is 16.2. The Hall–Kier alpha value is -1.88. The van der Waals surface area contributed by atoms with E-state index in [1.165, 1.54) is 5.56 Å². The second-order valence-electron chi connectivity index (χ2n) is 5.26. The van der Waals surface area contributed by atoms with Crippen molar-refractivity contribution in [1.82, 2.24) is 20.1 Å². The highest BCUT2D eigenvalue weighted by molar-refractivity contribution is 5.29. The molecule has 0 unspecified atom stereocenters. The van der Waals surface area contributed by atoms with E-state index in [2.05, 4.69) is 49.7 Å². The molecule has 1 aliphatic heterocycles. The highest BCUT2D eigenvalue weighted by Gasteiger charge is 2.20. The van der Waals surface area contributed by atoms with Crippen LogP contribution in [0.4, 0.5) is 5.95 Å². The van der Waals surface area contributed by atoms with Gasteiger partial charge in [0.15, 0.2) is 0 Å². The molecule has 0 radical (unpaired) electrons. The number of hydrogen-bond donors (Lipinski definition) is 2. The Morgan fingerprint density at radius 2 is 1.95 bits per heavy atom. The molecular weight excluding hydrogens is 250 g/mol. The maximum absolute atomic E-state index is 4.29. The molecule has 2 N–H and O–H groups in total.